The zero-order chi connectivity index (χ0) is 15.3. The van der Waals surface area contributed by atoms with Crippen LogP contribution in [0.5, 0.6) is 0 Å². The summed E-state index contributed by atoms with van der Waals surface area (Å²) in [4.78, 5) is 23.6. The molecule has 5 nitrogen and oxygen atoms in total. The van der Waals surface area contributed by atoms with Crippen LogP contribution in [0.15, 0.2) is 24.3 Å². The van der Waals surface area contributed by atoms with Crippen molar-refractivity contribution < 1.29 is 14.7 Å². The second kappa shape index (κ2) is 6.72. The third-order valence-electron chi connectivity index (χ3n) is 4.14. The Morgan fingerprint density at radius 3 is 2.33 bits per heavy atom. The maximum atomic E-state index is 11.8. The van der Waals surface area contributed by atoms with E-state index in [-0.39, 0.29) is 12.0 Å². The number of aliphatic hydroxyl groups is 1. The molecule has 0 unspecified atom stereocenters. The standard InChI is InChI=1S/C16H22N2O3/c1-12-4-6-13(7-5-12)18-15(21)14(20)17-10-16(11-19)8-2-3-9-16/h4-7,19H,2-3,8-11H2,1H3,(H,17,20)(H,18,21). The number of anilines is 1. The fourth-order valence-corrected chi connectivity index (χ4v) is 2.69. The van der Waals surface area contributed by atoms with E-state index in [0.717, 1.165) is 31.2 Å². The molecular weight excluding hydrogens is 268 g/mol. The van der Waals surface area contributed by atoms with E-state index in [9.17, 15) is 14.7 Å². The van der Waals surface area contributed by atoms with Gasteiger partial charge in [-0.25, -0.2) is 0 Å². The van der Waals surface area contributed by atoms with Gasteiger partial charge in [0.15, 0.2) is 0 Å². The molecule has 2 amide bonds. The van der Waals surface area contributed by atoms with Gasteiger partial charge in [-0.15, -0.1) is 0 Å². The predicted molar refractivity (Wildman–Crippen MR) is 80.8 cm³/mol. The van der Waals surface area contributed by atoms with E-state index in [1.165, 1.54) is 0 Å². The van der Waals surface area contributed by atoms with E-state index in [0.29, 0.717) is 12.2 Å². The van der Waals surface area contributed by atoms with Gasteiger partial charge in [0, 0.05) is 17.6 Å². The van der Waals surface area contributed by atoms with E-state index in [1.54, 1.807) is 12.1 Å². The van der Waals surface area contributed by atoms with E-state index >= 15 is 0 Å². The number of hydrogen-bond donors (Lipinski definition) is 3. The zero-order valence-electron chi connectivity index (χ0n) is 12.3. The topological polar surface area (TPSA) is 78.4 Å². The van der Waals surface area contributed by atoms with Crippen LogP contribution < -0.4 is 10.6 Å². The van der Waals surface area contributed by atoms with Gasteiger partial charge in [-0.2, -0.15) is 0 Å². The van der Waals surface area contributed by atoms with Crippen molar-refractivity contribution >= 4 is 17.5 Å². The molecule has 0 radical (unpaired) electrons. The lowest BCUT2D eigenvalue weighted by atomic mass is 9.87. The molecular formula is C16H22N2O3. The van der Waals surface area contributed by atoms with E-state index in [1.807, 2.05) is 19.1 Å². The quantitative estimate of drug-likeness (QED) is 0.737. The van der Waals surface area contributed by atoms with Gasteiger partial charge in [-0.3, -0.25) is 9.59 Å². The lowest BCUT2D eigenvalue weighted by Gasteiger charge is -2.26. The number of benzene rings is 1. The molecule has 1 fully saturated rings. The first-order valence-corrected chi connectivity index (χ1v) is 7.31. The average Bonchev–Trinajstić information content (AvgIpc) is 2.96. The highest BCUT2D eigenvalue weighted by Gasteiger charge is 2.34. The summed E-state index contributed by atoms with van der Waals surface area (Å²) < 4.78 is 0. The molecule has 1 saturated carbocycles. The van der Waals surface area contributed by atoms with Crippen LogP contribution in [0.25, 0.3) is 0 Å². The fourth-order valence-electron chi connectivity index (χ4n) is 2.69. The van der Waals surface area contributed by atoms with Crippen molar-refractivity contribution in [2.75, 3.05) is 18.5 Å². The molecule has 0 atom stereocenters. The van der Waals surface area contributed by atoms with Crippen LogP contribution in [0.3, 0.4) is 0 Å². The van der Waals surface area contributed by atoms with E-state index in [4.69, 9.17) is 0 Å². The largest absolute Gasteiger partial charge is 0.396 e. The summed E-state index contributed by atoms with van der Waals surface area (Å²) in [6.45, 7) is 2.35. The van der Waals surface area contributed by atoms with Crippen molar-refractivity contribution in [1.82, 2.24) is 5.32 Å². The molecule has 0 spiro atoms. The molecule has 2 rings (SSSR count). The third-order valence-corrected chi connectivity index (χ3v) is 4.14. The molecule has 1 aliphatic carbocycles. The van der Waals surface area contributed by atoms with Crippen molar-refractivity contribution in [3.63, 3.8) is 0 Å². The van der Waals surface area contributed by atoms with Gasteiger partial charge in [0.05, 0.1) is 6.61 Å². The highest BCUT2D eigenvalue weighted by Crippen LogP contribution is 2.36. The maximum absolute atomic E-state index is 11.8. The van der Waals surface area contributed by atoms with Crippen LogP contribution in [0.1, 0.15) is 31.2 Å². The molecule has 0 aliphatic heterocycles. The second-order valence-corrected chi connectivity index (χ2v) is 5.87. The summed E-state index contributed by atoms with van der Waals surface area (Å²) in [5.41, 5.74) is 1.43. The Morgan fingerprint density at radius 1 is 1.14 bits per heavy atom. The molecule has 21 heavy (non-hydrogen) atoms. The highest BCUT2D eigenvalue weighted by atomic mass is 16.3. The normalized spacial score (nSPS) is 16.5. The first-order chi connectivity index (χ1) is 10.0. The van der Waals surface area contributed by atoms with Crippen LogP contribution in [0, 0.1) is 12.3 Å². The molecule has 3 N–H and O–H groups in total. The van der Waals surface area contributed by atoms with Crippen LogP contribution in [-0.4, -0.2) is 30.1 Å². The van der Waals surface area contributed by atoms with Crippen molar-refractivity contribution in [3.05, 3.63) is 29.8 Å². The summed E-state index contributed by atoms with van der Waals surface area (Å²) >= 11 is 0. The summed E-state index contributed by atoms with van der Waals surface area (Å²) in [7, 11) is 0. The van der Waals surface area contributed by atoms with Crippen LogP contribution in [0.2, 0.25) is 0 Å². The van der Waals surface area contributed by atoms with Gasteiger partial charge < -0.3 is 15.7 Å². The molecule has 1 aromatic rings. The first-order valence-electron chi connectivity index (χ1n) is 7.31. The number of carbonyl (C=O) groups is 2. The van der Waals surface area contributed by atoms with Crippen LogP contribution in [0.4, 0.5) is 5.69 Å². The first kappa shape index (κ1) is 15.5. The summed E-state index contributed by atoms with van der Waals surface area (Å²) in [5.74, 6) is -1.33. The molecule has 0 heterocycles. The maximum Gasteiger partial charge on any atom is 0.313 e. The van der Waals surface area contributed by atoms with Gasteiger partial charge in [0.2, 0.25) is 0 Å². The summed E-state index contributed by atoms with van der Waals surface area (Å²) in [6, 6.07) is 7.25. The molecule has 114 valence electrons. The van der Waals surface area contributed by atoms with Crippen LogP contribution >= 0.6 is 0 Å². The molecule has 1 aliphatic rings. The van der Waals surface area contributed by atoms with Gasteiger partial charge in [-0.1, -0.05) is 30.5 Å². The number of carbonyl (C=O) groups excluding carboxylic acids is 2. The molecule has 1 aromatic carbocycles. The van der Waals surface area contributed by atoms with Crippen molar-refractivity contribution in [2.45, 2.75) is 32.6 Å². The number of nitrogens with one attached hydrogen (secondary N) is 2. The Kier molecular flexibility index (Phi) is 4.96. The summed E-state index contributed by atoms with van der Waals surface area (Å²) in [6.07, 6.45) is 3.91. The molecule has 5 heteroatoms. The Morgan fingerprint density at radius 2 is 1.76 bits per heavy atom. The second-order valence-electron chi connectivity index (χ2n) is 5.87. The highest BCUT2D eigenvalue weighted by molar-refractivity contribution is 6.39. The number of hydrogen-bond acceptors (Lipinski definition) is 3. The Hall–Kier alpha value is -1.88. The Labute approximate surface area is 124 Å². The fraction of sp³-hybridized carbons (Fsp3) is 0.500. The van der Waals surface area contributed by atoms with Gasteiger partial charge in [0.1, 0.15) is 0 Å². The number of amides is 2. The Balaban J connectivity index is 1.85. The van der Waals surface area contributed by atoms with Gasteiger partial charge >= 0.3 is 11.8 Å². The van der Waals surface area contributed by atoms with E-state index in [2.05, 4.69) is 10.6 Å². The van der Waals surface area contributed by atoms with Gasteiger partial charge in [0.25, 0.3) is 0 Å². The van der Waals surface area contributed by atoms with Crippen molar-refractivity contribution in [2.24, 2.45) is 5.41 Å². The predicted octanol–water partition coefficient (Wildman–Crippen LogP) is 1.60. The minimum Gasteiger partial charge on any atom is -0.396 e. The smallest absolute Gasteiger partial charge is 0.313 e. The van der Waals surface area contributed by atoms with E-state index < -0.39 is 11.8 Å². The Bertz CT molecular complexity index is 505. The van der Waals surface area contributed by atoms with Crippen molar-refractivity contribution in [3.8, 4) is 0 Å². The third kappa shape index (κ3) is 4.04. The lowest BCUT2D eigenvalue weighted by Crippen LogP contribution is -2.43. The minimum absolute atomic E-state index is 0.0485. The lowest BCUT2D eigenvalue weighted by molar-refractivity contribution is -0.136. The van der Waals surface area contributed by atoms with Crippen LogP contribution in [-0.2, 0) is 9.59 Å². The molecule has 0 bridgehead atoms. The SMILES string of the molecule is Cc1ccc(NC(=O)C(=O)NCC2(CO)CCCC2)cc1. The summed E-state index contributed by atoms with van der Waals surface area (Å²) in [5, 5.41) is 14.7. The van der Waals surface area contributed by atoms with Gasteiger partial charge in [-0.05, 0) is 31.9 Å². The molecule has 0 saturated heterocycles. The number of aliphatic hydroxyl groups excluding tert-OH is 1. The minimum atomic E-state index is -0.676. The number of aryl methyl sites for hydroxylation is 1. The van der Waals surface area contributed by atoms with Crippen molar-refractivity contribution in [1.29, 1.82) is 0 Å². The zero-order valence-corrected chi connectivity index (χ0v) is 12.3. The number of rotatable bonds is 4. The molecule has 0 aromatic heterocycles. The average molecular weight is 290 g/mol. The monoisotopic (exact) mass is 290 g/mol.